The number of hydrogen-bond acceptors (Lipinski definition) is 4. The molecule has 0 spiro atoms. The van der Waals surface area contributed by atoms with E-state index in [1.165, 1.54) is 16.7 Å². The zero-order valence-corrected chi connectivity index (χ0v) is 13.0. The van der Waals surface area contributed by atoms with Crippen LogP contribution < -0.4 is 10.6 Å². The van der Waals surface area contributed by atoms with Crippen LogP contribution in [0.5, 0.6) is 0 Å². The lowest BCUT2D eigenvalue weighted by atomic mass is 10.0. The molecular formula is C15H15N3O4S. The number of benzene rings is 1. The van der Waals surface area contributed by atoms with E-state index in [9.17, 15) is 19.5 Å². The van der Waals surface area contributed by atoms with E-state index in [1.807, 2.05) is 13.0 Å². The quantitative estimate of drug-likeness (QED) is 0.727. The third-order valence-electron chi connectivity index (χ3n) is 3.59. The summed E-state index contributed by atoms with van der Waals surface area (Å²) in [5, 5.41) is 14.0. The summed E-state index contributed by atoms with van der Waals surface area (Å²) in [6.45, 7) is 1.86. The Morgan fingerprint density at radius 2 is 1.96 bits per heavy atom. The van der Waals surface area contributed by atoms with Gasteiger partial charge in [-0.15, -0.1) is 11.8 Å². The van der Waals surface area contributed by atoms with Crippen LogP contribution in [0.3, 0.4) is 0 Å². The van der Waals surface area contributed by atoms with E-state index < -0.39 is 29.3 Å². The summed E-state index contributed by atoms with van der Waals surface area (Å²) in [7, 11) is 0. The average Bonchev–Trinajstić information content (AvgIpc) is 2.52. The van der Waals surface area contributed by atoms with Gasteiger partial charge in [0.1, 0.15) is 17.1 Å². The van der Waals surface area contributed by atoms with E-state index in [0.717, 1.165) is 0 Å². The van der Waals surface area contributed by atoms with Crippen LogP contribution >= 0.6 is 11.8 Å². The number of para-hydroxylation sites is 1. The topological polar surface area (TPSA) is 98.7 Å². The number of urea groups is 1. The molecule has 23 heavy (non-hydrogen) atoms. The fourth-order valence-corrected chi connectivity index (χ4v) is 3.89. The zero-order chi connectivity index (χ0) is 16.6. The van der Waals surface area contributed by atoms with E-state index in [0.29, 0.717) is 5.69 Å². The van der Waals surface area contributed by atoms with Crippen molar-refractivity contribution in [2.24, 2.45) is 0 Å². The molecule has 2 aliphatic heterocycles. The average molecular weight is 333 g/mol. The van der Waals surface area contributed by atoms with E-state index >= 15 is 0 Å². The molecule has 2 heterocycles. The first-order valence-corrected chi connectivity index (χ1v) is 7.98. The summed E-state index contributed by atoms with van der Waals surface area (Å²) in [6, 6.07) is 7.65. The molecule has 3 rings (SSSR count). The number of nitrogens with zero attached hydrogens (tertiary/aromatic N) is 1. The number of carbonyl (C=O) groups is 3. The maximum absolute atomic E-state index is 12.2. The van der Waals surface area contributed by atoms with Crippen molar-refractivity contribution >= 4 is 35.4 Å². The number of carboxylic acids is 1. The number of rotatable bonds is 3. The molecule has 0 saturated carbocycles. The van der Waals surface area contributed by atoms with Gasteiger partial charge in [-0.25, -0.2) is 9.59 Å². The highest BCUT2D eigenvalue weighted by atomic mass is 32.2. The Kier molecular flexibility index (Phi) is 3.99. The molecular weight excluding hydrogens is 318 g/mol. The predicted molar refractivity (Wildman–Crippen MR) is 85.8 cm³/mol. The van der Waals surface area contributed by atoms with Crippen molar-refractivity contribution in [3.63, 3.8) is 0 Å². The van der Waals surface area contributed by atoms with Gasteiger partial charge in [0, 0.05) is 10.9 Å². The van der Waals surface area contributed by atoms with Crippen molar-refractivity contribution in [3.8, 4) is 0 Å². The molecule has 3 N–H and O–H groups in total. The summed E-state index contributed by atoms with van der Waals surface area (Å²) in [6.07, 6.45) is 1.54. The third kappa shape index (κ3) is 2.89. The Balaban J connectivity index is 1.67. The lowest BCUT2D eigenvalue weighted by Gasteiger charge is -2.49. The summed E-state index contributed by atoms with van der Waals surface area (Å²) in [5.74, 6) is -1.55. The number of hydrogen-bond donors (Lipinski definition) is 3. The molecule has 0 bridgehead atoms. The van der Waals surface area contributed by atoms with E-state index in [2.05, 4.69) is 10.6 Å². The highest BCUT2D eigenvalue weighted by molar-refractivity contribution is 8.00. The van der Waals surface area contributed by atoms with Gasteiger partial charge in [0.05, 0.1) is 0 Å². The Bertz CT molecular complexity index is 691. The molecule has 1 aromatic carbocycles. The Morgan fingerprint density at radius 3 is 2.61 bits per heavy atom. The lowest BCUT2D eigenvalue weighted by Crippen LogP contribution is -2.70. The van der Waals surface area contributed by atoms with E-state index in [-0.39, 0.29) is 10.9 Å². The van der Waals surface area contributed by atoms with Crippen molar-refractivity contribution in [1.29, 1.82) is 0 Å². The summed E-state index contributed by atoms with van der Waals surface area (Å²) < 4.78 is 0. The Hall–Kier alpha value is -2.48. The SMILES string of the molecule is CC1C=C(C(=O)O)N2C(=O)C(NC(=O)Nc3ccccc3)[C@H]2S1. The van der Waals surface area contributed by atoms with E-state index in [4.69, 9.17) is 0 Å². The second-order valence-corrected chi connectivity index (χ2v) is 6.74. The van der Waals surface area contributed by atoms with Crippen LogP contribution in [-0.4, -0.2) is 44.6 Å². The maximum atomic E-state index is 12.2. The number of aliphatic carboxylic acids is 1. The van der Waals surface area contributed by atoms with Gasteiger partial charge < -0.3 is 15.7 Å². The first kappa shape index (κ1) is 15.4. The molecule has 8 heteroatoms. The fourth-order valence-electron chi connectivity index (χ4n) is 2.56. The third-order valence-corrected chi connectivity index (χ3v) is 4.91. The number of carboxylic acid groups (broad SMARTS) is 1. The summed E-state index contributed by atoms with van der Waals surface area (Å²) in [4.78, 5) is 36.6. The minimum absolute atomic E-state index is 0.0206. The monoisotopic (exact) mass is 333 g/mol. The van der Waals surface area contributed by atoms with Crippen molar-refractivity contribution in [3.05, 3.63) is 42.1 Å². The lowest BCUT2D eigenvalue weighted by molar-refractivity contribution is -0.148. The van der Waals surface area contributed by atoms with Gasteiger partial charge >= 0.3 is 12.0 Å². The number of anilines is 1. The minimum Gasteiger partial charge on any atom is -0.477 e. The van der Waals surface area contributed by atoms with Crippen LogP contribution in [0.1, 0.15) is 6.92 Å². The van der Waals surface area contributed by atoms with Crippen molar-refractivity contribution in [2.45, 2.75) is 23.6 Å². The van der Waals surface area contributed by atoms with Gasteiger partial charge in [0.25, 0.3) is 5.91 Å². The Morgan fingerprint density at radius 1 is 1.26 bits per heavy atom. The molecule has 0 aliphatic carbocycles. The molecule has 2 unspecified atom stereocenters. The molecule has 0 aromatic heterocycles. The number of thioether (sulfide) groups is 1. The first-order chi connectivity index (χ1) is 11.0. The second kappa shape index (κ2) is 5.96. The molecule has 120 valence electrons. The van der Waals surface area contributed by atoms with E-state index in [1.54, 1.807) is 30.3 Å². The molecule has 2 aliphatic rings. The molecule has 0 radical (unpaired) electrons. The van der Waals surface area contributed by atoms with Crippen LogP contribution in [0.15, 0.2) is 42.1 Å². The van der Waals surface area contributed by atoms with Gasteiger partial charge in [-0.3, -0.25) is 9.69 Å². The normalized spacial score (nSPS) is 25.8. The molecule has 1 saturated heterocycles. The number of amides is 3. The van der Waals surface area contributed by atoms with Crippen molar-refractivity contribution in [1.82, 2.24) is 10.2 Å². The minimum atomic E-state index is -1.14. The molecule has 3 atom stereocenters. The van der Waals surface area contributed by atoms with Crippen molar-refractivity contribution in [2.75, 3.05) is 5.32 Å². The smallest absolute Gasteiger partial charge is 0.352 e. The predicted octanol–water partition coefficient (Wildman–Crippen LogP) is 1.45. The van der Waals surface area contributed by atoms with Crippen molar-refractivity contribution < 1.29 is 19.5 Å². The fraction of sp³-hybridized carbons (Fsp3) is 0.267. The maximum Gasteiger partial charge on any atom is 0.352 e. The van der Waals surface area contributed by atoms with Gasteiger partial charge in [-0.2, -0.15) is 0 Å². The zero-order valence-electron chi connectivity index (χ0n) is 12.2. The van der Waals surface area contributed by atoms with Gasteiger partial charge in [0.15, 0.2) is 0 Å². The number of fused-ring (bicyclic) bond motifs is 1. The molecule has 7 nitrogen and oxygen atoms in total. The number of β-lactam (4-membered cyclic amide) rings is 1. The van der Waals surface area contributed by atoms with Crippen LogP contribution in [0.25, 0.3) is 0 Å². The standard InChI is InChI=1S/C15H15N3O4S/c1-8-7-10(14(20)21)18-12(19)11(13(18)23-8)17-15(22)16-9-5-3-2-4-6-9/h2-8,11,13H,1H3,(H,20,21)(H2,16,17,22)/t8?,11?,13-/m1/s1. The summed E-state index contributed by atoms with van der Waals surface area (Å²) >= 11 is 1.44. The van der Waals surface area contributed by atoms with Crippen LogP contribution in [0, 0.1) is 0 Å². The van der Waals surface area contributed by atoms with Crippen LogP contribution in [0.4, 0.5) is 10.5 Å². The molecule has 3 amide bonds. The largest absolute Gasteiger partial charge is 0.477 e. The van der Waals surface area contributed by atoms with Gasteiger partial charge in [0.2, 0.25) is 0 Å². The van der Waals surface area contributed by atoms with Gasteiger partial charge in [-0.1, -0.05) is 18.2 Å². The second-order valence-electron chi connectivity index (χ2n) is 5.24. The van der Waals surface area contributed by atoms with Gasteiger partial charge in [-0.05, 0) is 25.1 Å². The molecule has 1 fully saturated rings. The molecule has 1 aromatic rings. The number of carbonyl (C=O) groups excluding carboxylic acids is 2. The van der Waals surface area contributed by atoms with Crippen LogP contribution in [-0.2, 0) is 9.59 Å². The highest BCUT2D eigenvalue weighted by Crippen LogP contribution is 2.40. The first-order valence-electron chi connectivity index (χ1n) is 7.03. The Labute approximate surface area is 136 Å². The van der Waals surface area contributed by atoms with Crippen LogP contribution in [0.2, 0.25) is 0 Å². The highest BCUT2D eigenvalue weighted by Gasteiger charge is 2.53. The summed E-state index contributed by atoms with van der Waals surface area (Å²) in [5.41, 5.74) is 0.595. The number of nitrogens with one attached hydrogen (secondary N) is 2.